The summed E-state index contributed by atoms with van der Waals surface area (Å²) in [5.74, 6) is 0.377. The molecule has 0 saturated carbocycles. The van der Waals surface area contributed by atoms with E-state index in [4.69, 9.17) is 5.11 Å². The number of hydrogen-bond acceptors (Lipinski definition) is 4. The van der Waals surface area contributed by atoms with E-state index in [1.807, 2.05) is 6.92 Å². The third kappa shape index (κ3) is 4.49. The molecule has 1 aliphatic heterocycles. The smallest absolute Gasteiger partial charge is 0.327 e. The normalized spacial score (nSPS) is 22.6. The number of carboxylic acid groups (broad SMARTS) is 1. The van der Waals surface area contributed by atoms with Gasteiger partial charge in [-0.3, -0.25) is 4.21 Å². The average molecular weight is 294 g/mol. The van der Waals surface area contributed by atoms with Crippen LogP contribution < -0.4 is 5.32 Å². The molecule has 0 aliphatic carbocycles. The van der Waals surface area contributed by atoms with Crippen molar-refractivity contribution in [2.24, 2.45) is 0 Å². The number of hydrogen-bond donors (Lipinski definition) is 2. The minimum Gasteiger partial charge on any atom is -0.480 e. The van der Waals surface area contributed by atoms with Gasteiger partial charge >= 0.3 is 12.0 Å². The molecule has 1 aliphatic rings. The van der Waals surface area contributed by atoms with Crippen molar-refractivity contribution in [2.75, 3.05) is 23.6 Å². The number of rotatable bonds is 5. The van der Waals surface area contributed by atoms with Crippen LogP contribution in [0.25, 0.3) is 0 Å². The van der Waals surface area contributed by atoms with Crippen LogP contribution in [-0.4, -0.2) is 61.9 Å². The third-order valence-corrected chi connectivity index (χ3v) is 4.46. The van der Waals surface area contributed by atoms with E-state index in [1.54, 1.807) is 6.26 Å². The summed E-state index contributed by atoms with van der Waals surface area (Å²) in [6.45, 7) is 1.82. The Bertz CT molecular complexity index is 351. The molecule has 2 amide bonds. The second kappa shape index (κ2) is 6.98. The summed E-state index contributed by atoms with van der Waals surface area (Å²) in [6, 6.07) is -1.22. The van der Waals surface area contributed by atoms with E-state index in [0.717, 1.165) is 0 Å². The summed E-state index contributed by atoms with van der Waals surface area (Å²) in [5.41, 5.74) is 0. The van der Waals surface area contributed by atoms with Gasteiger partial charge in [0.05, 0.1) is 5.88 Å². The minimum absolute atomic E-state index is 0.110. The van der Waals surface area contributed by atoms with Crippen LogP contribution in [0, 0.1) is 0 Å². The van der Waals surface area contributed by atoms with Gasteiger partial charge in [0, 0.05) is 34.6 Å². The lowest BCUT2D eigenvalue weighted by atomic mass is 10.2. The standard InChI is InChI=1S/C10H18N2O4S2/c1-7(3-4-18(2)16)11-10(15)12-6-17-5-8(12)9(13)14/h7-8H,3-6H2,1-2H3,(H,11,15)(H,13,14). The molecule has 1 heterocycles. The fraction of sp³-hybridized carbons (Fsp3) is 0.800. The SMILES string of the molecule is CC(CCS(C)=O)NC(=O)N1CSCC1C(=O)O. The van der Waals surface area contributed by atoms with Crippen molar-refractivity contribution in [1.29, 1.82) is 0 Å². The maximum Gasteiger partial charge on any atom is 0.327 e. The lowest BCUT2D eigenvalue weighted by molar-refractivity contribution is -0.140. The van der Waals surface area contributed by atoms with Gasteiger partial charge in [-0.2, -0.15) is 0 Å². The summed E-state index contributed by atoms with van der Waals surface area (Å²) in [6.07, 6.45) is 2.24. The fourth-order valence-corrected chi connectivity index (χ4v) is 3.39. The first kappa shape index (κ1) is 15.3. The molecule has 0 bridgehead atoms. The molecule has 0 aromatic carbocycles. The number of urea groups is 1. The highest BCUT2D eigenvalue weighted by molar-refractivity contribution is 7.99. The van der Waals surface area contributed by atoms with Crippen LogP contribution in [0.2, 0.25) is 0 Å². The molecule has 1 saturated heterocycles. The van der Waals surface area contributed by atoms with Gasteiger partial charge < -0.3 is 15.3 Å². The van der Waals surface area contributed by atoms with Crippen molar-refractivity contribution in [2.45, 2.75) is 25.4 Å². The molecule has 2 N–H and O–H groups in total. The molecule has 0 spiro atoms. The number of nitrogens with zero attached hydrogens (tertiary/aromatic N) is 1. The van der Waals surface area contributed by atoms with Gasteiger partial charge in [-0.1, -0.05) is 0 Å². The van der Waals surface area contributed by atoms with Crippen molar-refractivity contribution in [1.82, 2.24) is 10.2 Å². The van der Waals surface area contributed by atoms with Crippen LogP contribution >= 0.6 is 11.8 Å². The largest absolute Gasteiger partial charge is 0.480 e. The van der Waals surface area contributed by atoms with E-state index < -0.39 is 22.8 Å². The van der Waals surface area contributed by atoms with Gasteiger partial charge in [0.15, 0.2) is 0 Å². The number of thioether (sulfide) groups is 1. The Labute approximate surface area is 113 Å². The van der Waals surface area contributed by atoms with Crippen LogP contribution in [0.15, 0.2) is 0 Å². The van der Waals surface area contributed by atoms with E-state index in [0.29, 0.717) is 23.8 Å². The molecular weight excluding hydrogens is 276 g/mol. The van der Waals surface area contributed by atoms with Gasteiger partial charge in [0.1, 0.15) is 6.04 Å². The first-order valence-electron chi connectivity index (χ1n) is 5.59. The predicted molar refractivity (Wildman–Crippen MR) is 72.1 cm³/mol. The van der Waals surface area contributed by atoms with Crippen molar-refractivity contribution in [3.63, 3.8) is 0 Å². The zero-order valence-corrected chi connectivity index (χ0v) is 12.1. The molecule has 0 radical (unpaired) electrons. The average Bonchev–Trinajstić information content (AvgIpc) is 2.75. The second-order valence-electron chi connectivity index (χ2n) is 4.24. The Morgan fingerprint density at radius 2 is 2.28 bits per heavy atom. The Hall–Kier alpha value is -0.760. The van der Waals surface area contributed by atoms with Crippen LogP contribution in [0.5, 0.6) is 0 Å². The summed E-state index contributed by atoms with van der Waals surface area (Å²) in [5, 5.41) is 11.7. The molecule has 1 rings (SSSR count). The van der Waals surface area contributed by atoms with Gasteiger partial charge in [-0.15, -0.1) is 11.8 Å². The van der Waals surface area contributed by atoms with Crippen LogP contribution in [0.3, 0.4) is 0 Å². The van der Waals surface area contributed by atoms with E-state index in [9.17, 15) is 13.8 Å². The van der Waals surface area contributed by atoms with Crippen molar-refractivity contribution < 1.29 is 18.9 Å². The fourth-order valence-electron chi connectivity index (χ4n) is 1.56. The summed E-state index contributed by atoms with van der Waals surface area (Å²) in [4.78, 5) is 24.1. The van der Waals surface area contributed by atoms with Crippen molar-refractivity contribution in [3.8, 4) is 0 Å². The monoisotopic (exact) mass is 294 g/mol. The molecule has 0 aromatic heterocycles. The molecule has 0 aromatic rings. The van der Waals surface area contributed by atoms with E-state index in [1.165, 1.54) is 16.7 Å². The Morgan fingerprint density at radius 3 is 2.83 bits per heavy atom. The van der Waals surface area contributed by atoms with E-state index in [-0.39, 0.29) is 12.1 Å². The second-order valence-corrected chi connectivity index (χ2v) is 6.79. The zero-order valence-electron chi connectivity index (χ0n) is 10.4. The predicted octanol–water partition coefficient (Wildman–Crippen LogP) is 0.313. The highest BCUT2D eigenvalue weighted by Crippen LogP contribution is 2.21. The van der Waals surface area contributed by atoms with Gasteiger partial charge in [-0.05, 0) is 13.3 Å². The maximum atomic E-state index is 11.9. The number of carbonyl (C=O) groups is 2. The van der Waals surface area contributed by atoms with Gasteiger partial charge in [0.25, 0.3) is 0 Å². The topological polar surface area (TPSA) is 86.7 Å². The maximum absolute atomic E-state index is 11.9. The van der Waals surface area contributed by atoms with Gasteiger partial charge in [0.2, 0.25) is 0 Å². The third-order valence-electron chi connectivity index (χ3n) is 2.64. The lowest BCUT2D eigenvalue weighted by Crippen LogP contribution is -2.49. The van der Waals surface area contributed by atoms with Crippen LogP contribution in [0.4, 0.5) is 4.79 Å². The molecule has 6 nitrogen and oxygen atoms in total. The molecule has 8 heteroatoms. The number of amides is 2. The highest BCUT2D eigenvalue weighted by atomic mass is 32.2. The first-order chi connectivity index (χ1) is 8.41. The number of nitrogens with one attached hydrogen (secondary N) is 1. The molecule has 104 valence electrons. The summed E-state index contributed by atoms with van der Waals surface area (Å²) < 4.78 is 10.9. The quantitative estimate of drug-likeness (QED) is 0.762. The van der Waals surface area contributed by atoms with Crippen LogP contribution in [0.1, 0.15) is 13.3 Å². The molecule has 3 unspecified atom stereocenters. The molecule has 18 heavy (non-hydrogen) atoms. The minimum atomic E-state index is -0.975. The van der Waals surface area contributed by atoms with E-state index >= 15 is 0 Å². The Balaban J connectivity index is 2.44. The zero-order chi connectivity index (χ0) is 13.7. The van der Waals surface area contributed by atoms with Crippen molar-refractivity contribution >= 4 is 34.6 Å². The Kier molecular flexibility index (Phi) is 5.94. The van der Waals surface area contributed by atoms with Gasteiger partial charge in [-0.25, -0.2) is 9.59 Å². The number of aliphatic carboxylic acids is 1. The number of carboxylic acids is 1. The van der Waals surface area contributed by atoms with E-state index in [2.05, 4.69) is 5.32 Å². The Morgan fingerprint density at radius 1 is 1.61 bits per heavy atom. The first-order valence-corrected chi connectivity index (χ1v) is 8.47. The summed E-state index contributed by atoms with van der Waals surface area (Å²) in [7, 11) is -0.880. The molecular formula is C10H18N2O4S2. The van der Waals surface area contributed by atoms with Crippen molar-refractivity contribution in [3.05, 3.63) is 0 Å². The van der Waals surface area contributed by atoms with Crippen LogP contribution in [-0.2, 0) is 15.6 Å². The number of carbonyl (C=O) groups excluding carboxylic acids is 1. The molecule has 3 atom stereocenters. The highest BCUT2D eigenvalue weighted by Gasteiger charge is 2.34. The lowest BCUT2D eigenvalue weighted by Gasteiger charge is -2.23. The summed E-state index contributed by atoms with van der Waals surface area (Å²) >= 11 is 1.43. The molecule has 1 fully saturated rings.